The Morgan fingerprint density at radius 2 is 2.06 bits per heavy atom. The zero-order chi connectivity index (χ0) is 13.4. The van der Waals surface area contributed by atoms with Crippen LogP contribution in [0.15, 0.2) is 0 Å². The van der Waals surface area contributed by atoms with Crippen molar-refractivity contribution in [1.29, 1.82) is 5.26 Å². The van der Waals surface area contributed by atoms with E-state index in [4.69, 9.17) is 5.26 Å². The van der Waals surface area contributed by atoms with Gasteiger partial charge in [0, 0.05) is 6.04 Å². The number of hydrogen-bond donors (Lipinski definition) is 1. The Balaban J connectivity index is 2.51. The van der Waals surface area contributed by atoms with Crippen LogP contribution in [0.5, 0.6) is 0 Å². The maximum absolute atomic E-state index is 11.6. The topological polar surface area (TPSA) is 82.4 Å². The van der Waals surface area contributed by atoms with Crippen LogP contribution in [0.3, 0.4) is 0 Å². The van der Waals surface area contributed by atoms with Gasteiger partial charge in [0.25, 0.3) is 0 Å². The molecule has 0 aromatic rings. The van der Waals surface area contributed by atoms with Gasteiger partial charge in [0.1, 0.15) is 6.54 Å². The van der Waals surface area contributed by atoms with Crippen LogP contribution < -0.4 is 5.32 Å². The summed E-state index contributed by atoms with van der Waals surface area (Å²) in [6.07, 6.45) is 4.26. The Hall–Kier alpha value is -1.61. The van der Waals surface area contributed by atoms with Gasteiger partial charge in [-0.1, -0.05) is 12.8 Å². The molecule has 1 rings (SSSR count). The van der Waals surface area contributed by atoms with Crippen LogP contribution in [0, 0.1) is 11.3 Å². The first-order valence-corrected chi connectivity index (χ1v) is 6.12. The average molecular weight is 253 g/mol. The van der Waals surface area contributed by atoms with Gasteiger partial charge in [0.05, 0.1) is 26.3 Å². The van der Waals surface area contributed by atoms with E-state index in [9.17, 15) is 9.59 Å². The van der Waals surface area contributed by atoms with Gasteiger partial charge in [0.2, 0.25) is 5.91 Å². The number of nitriles is 1. The van der Waals surface area contributed by atoms with E-state index < -0.39 is 0 Å². The minimum atomic E-state index is -0.338. The fourth-order valence-corrected chi connectivity index (χ4v) is 2.19. The molecule has 1 amide bonds. The van der Waals surface area contributed by atoms with Gasteiger partial charge < -0.3 is 10.1 Å². The summed E-state index contributed by atoms with van der Waals surface area (Å²) in [5.41, 5.74) is 0. The third kappa shape index (κ3) is 4.72. The molecule has 100 valence electrons. The lowest BCUT2D eigenvalue weighted by molar-refractivity contribution is -0.143. The summed E-state index contributed by atoms with van der Waals surface area (Å²) in [5, 5.41) is 10.9. The van der Waals surface area contributed by atoms with Crippen molar-refractivity contribution >= 4 is 11.9 Å². The molecule has 1 aliphatic rings. The summed E-state index contributed by atoms with van der Waals surface area (Å²) >= 11 is 0. The van der Waals surface area contributed by atoms with Crippen molar-refractivity contribution in [3.8, 4) is 6.07 Å². The third-order valence-electron chi connectivity index (χ3n) is 3.11. The molecule has 6 nitrogen and oxygen atoms in total. The predicted molar refractivity (Wildman–Crippen MR) is 64.5 cm³/mol. The Labute approximate surface area is 107 Å². The van der Waals surface area contributed by atoms with Gasteiger partial charge in [-0.3, -0.25) is 14.5 Å². The second-order valence-electron chi connectivity index (χ2n) is 4.35. The van der Waals surface area contributed by atoms with Crippen LogP contribution in [-0.4, -0.2) is 49.6 Å². The second-order valence-corrected chi connectivity index (χ2v) is 4.35. The van der Waals surface area contributed by atoms with Crippen molar-refractivity contribution in [3.63, 3.8) is 0 Å². The third-order valence-corrected chi connectivity index (χ3v) is 3.11. The summed E-state index contributed by atoms with van der Waals surface area (Å²) < 4.78 is 4.64. The lowest BCUT2D eigenvalue weighted by atomic mass is 10.2. The van der Waals surface area contributed by atoms with E-state index in [-0.39, 0.29) is 37.6 Å². The van der Waals surface area contributed by atoms with Crippen LogP contribution in [0.2, 0.25) is 0 Å². The molecule has 0 aliphatic heterocycles. The number of amides is 1. The number of methoxy groups -OCH3 is 1. The summed E-state index contributed by atoms with van der Waals surface area (Å²) in [5.74, 6) is -0.567. The van der Waals surface area contributed by atoms with E-state index in [2.05, 4.69) is 10.1 Å². The summed E-state index contributed by atoms with van der Waals surface area (Å²) in [6.45, 7) is 0.262. The number of esters is 1. The Kier molecular flexibility index (Phi) is 6.15. The van der Waals surface area contributed by atoms with Crippen molar-refractivity contribution in [2.75, 3.05) is 26.7 Å². The maximum atomic E-state index is 11.6. The number of carbonyl (C=O) groups is 2. The van der Waals surface area contributed by atoms with Crippen molar-refractivity contribution in [1.82, 2.24) is 10.2 Å². The van der Waals surface area contributed by atoms with Crippen molar-refractivity contribution in [2.45, 2.75) is 31.7 Å². The lowest BCUT2D eigenvalue weighted by Gasteiger charge is -2.26. The van der Waals surface area contributed by atoms with Gasteiger partial charge in [0.15, 0.2) is 0 Å². The molecule has 0 aromatic carbocycles. The van der Waals surface area contributed by atoms with Crippen molar-refractivity contribution in [3.05, 3.63) is 0 Å². The molecule has 18 heavy (non-hydrogen) atoms. The highest BCUT2D eigenvalue weighted by Crippen LogP contribution is 2.23. The Morgan fingerprint density at radius 1 is 1.39 bits per heavy atom. The molecule has 0 saturated heterocycles. The highest BCUT2D eigenvalue weighted by molar-refractivity contribution is 5.79. The molecule has 1 saturated carbocycles. The van der Waals surface area contributed by atoms with E-state index in [1.165, 1.54) is 7.11 Å². The molecule has 0 heterocycles. The number of nitrogens with zero attached hydrogens (tertiary/aromatic N) is 2. The van der Waals surface area contributed by atoms with E-state index in [1.807, 2.05) is 11.0 Å². The quantitative estimate of drug-likeness (QED) is 0.534. The first kappa shape index (κ1) is 14.5. The average Bonchev–Trinajstić information content (AvgIpc) is 2.89. The van der Waals surface area contributed by atoms with E-state index in [0.717, 1.165) is 25.7 Å². The minimum absolute atomic E-state index is 0.00440. The van der Waals surface area contributed by atoms with E-state index in [0.29, 0.717) is 0 Å². The van der Waals surface area contributed by atoms with Crippen LogP contribution in [0.4, 0.5) is 0 Å². The van der Waals surface area contributed by atoms with E-state index >= 15 is 0 Å². The SMILES string of the molecule is COC(=O)CN(CC(=O)NCC#N)C1CCCC1. The number of carbonyl (C=O) groups excluding carboxylic acids is 2. The Bertz CT molecular complexity index is 332. The molecule has 0 spiro atoms. The van der Waals surface area contributed by atoms with Gasteiger partial charge >= 0.3 is 5.97 Å². The first-order valence-electron chi connectivity index (χ1n) is 6.12. The number of rotatable bonds is 6. The maximum Gasteiger partial charge on any atom is 0.319 e. The lowest BCUT2D eigenvalue weighted by Crippen LogP contribution is -2.44. The molecule has 1 fully saturated rings. The van der Waals surface area contributed by atoms with Crippen molar-refractivity contribution in [2.24, 2.45) is 0 Å². The van der Waals surface area contributed by atoms with Crippen LogP contribution >= 0.6 is 0 Å². The molecule has 0 unspecified atom stereocenters. The van der Waals surface area contributed by atoms with Crippen molar-refractivity contribution < 1.29 is 14.3 Å². The molecule has 0 bridgehead atoms. The fourth-order valence-electron chi connectivity index (χ4n) is 2.19. The predicted octanol–water partition coefficient (Wildman–Crippen LogP) is 0.0438. The largest absolute Gasteiger partial charge is 0.468 e. The smallest absolute Gasteiger partial charge is 0.319 e. The minimum Gasteiger partial charge on any atom is -0.468 e. The molecule has 0 radical (unpaired) electrons. The summed E-state index contributed by atoms with van der Waals surface area (Å²) in [7, 11) is 1.34. The second kappa shape index (κ2) is 7.67. The fraction of sp³-hybridized carbons (Fsp3) is 0.750. The summed E-state index contributed by atoms with van der Waals surface area (Å²) in [4.78, 5) is 24.7. The zero-order valence-electron chi connectivity index (χ0n) is 10.6. The standard InChI is InChI=1S/C12H19N3O3/c1-18-12(17)9-15(10-4-2-3-5-10)8-11(16)14-7-6-13/h10H,2-5,7-9H2,1H3,(H,14,16). The zero-order valence-corrected chi connectivity index (χ0v) is 10.6. The molecule has 1 aliphatic carbocycles. The monoisotopic (exact) mass is 253 g/mol. The first-order chi connectivity index (χ1) is 8.67. The van der Waals surface area contributed by atoms with Crippen LogP contribution in [0.1, 0.15) is 25.7 Å². The normalized spacial score (nSPS) is 15.4. The van der Waals surface area contributed by atoms with E-state index in [1.54, 1.807) is 0 Å². The molecule has 6 heteroatoms. The Morgan fingerprint density at radius 3 is 2.61 bits per heavy atom. The molecule has 0 aromatic heterocycles. The van der Waals surface area contributed by atoms with Gasteiger partial charge in [-0.05, 0) is 12.8 Å². The van der Waals surface area contributed by atoms with Crippen LogP contribution in [0.25, 0.3) is 0 Å². The molecular weight excluding hydrogens is 234 g/mol. The number of nitrogens with one attached hydrogen (secondary N) is 1. The van der Waals surface area contributed by atoms with Gasteiger partial charge in [-0.2, -0.15) is 5.26 Å². The molecular formula is C12H19N3O3. The van der Waals surface area contributed by atoms with Gasteiger partial charge in [-0.25, -0.2) is 0 Å². The highest BCUT2D eigenvalue weighted by atomic mass is 16.5. The van der Waals surface area contributed by atoms with Gasteiger partial charge in [-0.15, -0.1) is 0 Å². The molecule has 0 atom stereocenters. The van der Waals surface area contributed by atoms with Crippen LogP contribution in [-0.2, 0) is 14.3 Å². The highest BCUT2D eigenvalue weighted by Gasteiger charge is 2.26. The number of hydrogen-bond acceptors (Lipinski definition) is 5. The number of ether oxygens (including phenoxy) is 1. The molecule has 1 N–H and O–H groups in total. The summed E-state index contributed by atoms with van der Waals surface area (Å²) in [6, 6.07) is 2.11.